The van der Waals surface area contributed by atoms with E-state index in [0.29, 0.717) is 0 Å². The van der Waals surface area contributed by atoms with Crippen molar-refractivity contribution in [1.82, 2.24) is 0 Å². The van der Waals surface area contributed by atoms with E-state index in [-0.39, 0.29) is 0 Å². The Balaban J connectivity index is -0.0000000354. The van der Waals surface area contributed by atoms with E-state index in [0.717, 1.165) is 11.8 Å². The molecule has 0 amide bonds. The fourth-order valence-electron chi connectivity index (χ4n) is 0. The van der Waals surface area contributed by atoms with Crippen LogP contribution in [0.1, 0.15) is 68.2 Å². The van der Waals surface area contributed by atoms with Gasteiger partial charge in [-0.2, -0.15) is 0 Å². The van der Waals surface area contributed by atoms with Crippen molar-refractivity contribution in [2.75, 3.05) is 0 Å². The Bertz CT molecular complexity index is 69.3. The largest absolute Gasteiger partial charge is 0.124 e. The van der Waals surface area contributed by atoms with Crippen LogP contribution < -0.4 is 0 Å². The quantitative estimate of drug-likeness (QED) is 0.391. The summed E-state index contributed by atoms with van der Waals surface area (Å²) in [5.74, 6) is 1.70. The van der Waals surface area contributed by atoms with Gasteiger partial charge in [-0.25, -0.2) is 0 Å². The first-order chi connectivity index (χ1) is 7.56. The average Bonchev–Trinajstić information content (AvgIpc) is 2.36. The molecule has 0 saturated heterocycles. The highest BCUT2D eigenvalue weighted by atomic mass is 14.0. The van der Waals surface area contributed by atoms with Crippen LogP contribution in [0, 0.1) is 24.7 Å². The third kappa shape index (κ3) is 109. The highest BCUT2D eigenvalue weighted by Crippen LogP contribution is 2.05. The molecule has 0 saturated carbocycles. The van der Waals surface area contributed by atoms with E-state index < -0.39 is 0 Å². The lowest BCUT2D eigenvalue weighted by Gasteiger charge is -2.05. The summed E-state index contributed by atoms with van der Waals surface area (Å²) in [6, 6.07) is 0. The second-order valence-electron chi connectivity index (χ2n) is 3.49. The number of terminal acetylenes is 1. The fourth-order valence-corrected chi connectivity index (χ4v) is 0. The topological polar surface area (TPSA) is 0 Å². The molecule has 0 aliphatic rings. The van der Waals surface area contributed by atoms with Gasteiger partial charge in [0.1, 0.15) is 0 Å². The van der Waals surface area contributed by atoms with Crippen molar-refractivity contribution in [3.63, 3.8) is 0 Å². The molecule has 0 aromatic rings. The maximum absolute atomic E-state index is 4.00. The minimum atomic E-state index is 0.852. The summed E-state index contributed by atoms with van der Waals surface area (Å²) in [5.41, 5.74) is 0. The van der Waals surface area contributed by atoms with Crippen molar-refractivity contribution in [2.45, 2.75) is 68.2 Å². The minimum Gasteiger partial charge on any atom is -0.124 e. The first-order valence-electron chi connectivity index (χ1n) is 6.39. The monoisotopic (exact) mass is 228 g/mol. The Hall–Kier alpha value is -0.700. The number of hydrogen-bond acceptors (Lipinski definition) is 0. The van der Waals surface area contributed by atoms with Crippen molar-refractivity contribution in [1.29, 1.82) is 0 Å². The van der Waals surface area contributed by atoms with E-state index in [1.165, 1.54) is 12.8 Å². The predicted molar refractivity (Wildman–Crippen MR) is 82.8 cm³/mol. The van der Waals surface area contributed by atoms with Crippen LogP contribution in [-0.4, -0.2) is 0 Å². The van der Waals surface area contributed by atoms with Gasteiger partial charge >= 0.3 is 0 Å². The van der Waals surface area contributed by atoms with Gasteiger partial charge in [0.15, 0.2) is 0 Å². The molecule has 16 heavy (non-hydrogen) atoms. The Morgan fingerprint density at radius 1 is 0.750 bits per heavy atom. The summed E-state index contributed by atoms with van der Waals surface area (Å²) < 4.78 is 0. The SMILES string of the molecule is C#C.C=C.CC.CC(C)C(C)C.CCCC. The molecule has 0 aliphatic carbocycles. The number of rotatable bonds is 2. The van der Waals surface area contributed by atoms with Crippen LogP contribution in [0.3, 0.4) is 0 Å². The normalized spacial score (nSPS) is 6.75. The molecule has 0 spiro atoms. The molecule has 0 nitrogen and oxygen atoms in total. The third-order valence-corrected chi connectivity index (χ3v) is 1.83. The lowest BCUT2D eigenvalue weighted by atomic mass is 10.0. The second kappa shape index (κ2) is 47.5. The van der Waals surface area contributed by atoms with Crippen LogP contribution in [0.4, 0.5) is 0 Å². The van der Waals surface area contributed by atoms with Crippen LogP contribution in [0.5, 0.6) is 0 Å². The lowest BCUT2D eigenvalue weighted by Crippen LogP contribution is -1.95. The first-order valence-corrected chi connectivity index (χ1v) is 6.39. The Labute approximate surface area is 107 Å². The molecule has 0 atom stereocenters. The molecule has 0 N–H and O–H groups in total. The third-order valence-electron chi connectivity index (χ3n) is 1.83. The van der Waals surface area contributed by atoms with E-state index in [1.807, 2.05) is 13.8 Å². The molecule has 0 heterocycles. The van der Waals surface area contributed by atoms with Gasteiger partial charge in [0.2, 0.25) is 0 Å². The Morgan fingerprint density at radius 2 is 0.875 bits per heavy atom. The molecular formula is C16H36. The summed E-state index contributed by atoms with van der Waals surface area (Å²) in [7, 11) is 0. The zero-order chi connectivity index (χ0) is 14.6. The molecule has 100 valence electrons. The van der Waals surface area contributed by atoms with Crippen molar-refractivity contribution >= 4 is 0 Å². The average molecular weight is 228 g/mol. The van der Waals surface area contributed by atoms with E-state index in [9.17, 15) is 0 Å². The summed E-state index contributed by atoms with van der Waals surface area (Å²) in [6.07, 6.45) is 10.6. The van der Waals surface area contributed by atoms with Crippen LogP contribution in [0.25, 0.3) is 0 Å². The minimum absolute atomic E-state index is 0.852. The van der Waals surface area contributed by atoms with Gasteiger partial charge in [-0.1, -0.05) is 68.2 Å². The van der Waals surface area contributed by atoms with Crippen molar-refractivity contribution < 1.29 is 0 Å². The molecule has 0 rings (SSSR count). The number of unbranched alkanes of at least 4 members (excludes halogenated alkanes) is 1. The zero-order valence-electron chi connectivity index (χ0n) is 13.1. The predicted octanol–water partition coefficient (Wildman–Crippen LogP) is 6.18. The van der Waals surface area contributed by atoms with E-state index in [1.54, 1.807) is 0 Å². The highest BCUT2D eigenvalue weighted by Gasteiger charge is 1.95. The molecule has 0 heteroatoms. The van der Waals surface area contributed by atoms with Crippen LogP contribution in [0.2, 0.25) is 0 Å². The van der Waals surface area contributed by atoms with Gasteiger partial charge in [0.05, 0.1) is 0 Å². The van der Waals surface area contributed by atoms with Gasteiger partial charge < -0.3 is 0 Å². The van der Waals surface area contributed by atoms with E-state index in [4.69, 9.17) is 0 Å². The van der Waals surface area contributed by atoms with Crippen molar-refractivity contribution in [3.8, 4) is 12.8 Å². The molecule has 0 aromatic carbocycles. The summed E-state index contributed by atoms with van der Waals surface area (Å²) >= 11 is 0. The maximum Gasteiger partial charge on any atom is -0.0448 e. The maximum atomic E-state index is 4.00. The van der Waals surface area contributed by atoms with Crippen LogP contribution >= 0.6 is 0 Å². The molecule has 0 bridgehead atoms. The molecule has 0 fully saturated rings. The highest BCUT2D eigenvalue weighted by molar-refractivity contribution is 4.47. The van der Waals surface area contributed by atoms with Gasteiger partial charge in [-0.3, -0.25) is 0 Å². The zero-order valence-corrected chi connectivity index (χ0v) is 13.1. The molecule has 0 radical (unpaired) electrons. The molecule has 0 aliphatic heterocycles. The lowest BCUT2D eigenvalue weighted by molar-refractivity contribution is 0.457. The Kier molecular flexibility index (Phi) is 87.5. The fraction of sp³-hybridized carbons (Fsp3) is 0.750. The summed E-state index contributed by atoms with van der Waals surface area (Å²) in [4.78, 5) is 0. The summed E-state index contributed by atoms with van der Waals surface area (Å²) in [6.45, 7) is 23.3. The number of hydrogen-bond donors (Lipinski definition) is 0. The van der Waals surface area contributed by atoms with Crippen molar-refractivity contribution in [3.05, 3.63) is 13.2 Å². The second-order valence-corrected chi connectivity index (χ2v) is 3.49. The van der Waals surface area contributed by atoms with Crippen LogP contribution in [-0.2, 0) is 0 Å². The van der Waals surface area contributed by atoms with Gasteiger partial charge in [-0.05, 0) is 11.8 Å². The smallest absolute Gasteiger partial charge is 0.0448 e. The van der Waals surface area contributed by atoms with Crippen LogP contribution in [0.15, 0.2) is 13.2 Å². The molecule has 0 aromatic heterocycles. The first kappa shape index (κ1) is 29.5. The van der Waals surface area contributed by atoms with E-state index >= 15 is 0 Å². The molecular weight excluding hydrogens is 192 g/mol. The van der Waals surface area contributed by atoms with Crippen molar-refractivity contribution in [2.24, 2.45) is 11.8 Å². The standard InChI is InChI=1S/C6H14.C4H10.C2H6.C2H4.C2H2/c1-5(2)6(3)4;1-3-4-2;3*1-2/h5-6H,1-4H3;3-4H2,1-2H3;1-2H3;1-2H2;1-2H. The van der Waals surface area contributed by atoms with E-state index in [2.05, 4.69) is 67.5 Å². The molecule has 0 unspecified atom stereocenters. The van der Waals surface area contributed by atoms with Gasteiger partial charge in [0.25, 0.3) is 0 Å². The Morgan fingerprint density at radius 3 is 0.875 bits per heavy atom. The van der Waals surface area contributed by atoms with Gasteiger partial charge in [0, 0.05) is 0 Å². The summed E-state index contributed by atoms with van der Waals surface area (Å²) in [5, 5.41) is 0. The van der Waals surface area contributed by atoms with Gasteiger partial charge in [-0.15, -0.1) is 26.0 Å².